The SMILES string of the molecule is CC(Cl)c1nc2cccnc2n1CC(C)N(C)C. The summed E-state index contributed by atoms with van der Waals surface area (Å²) in [4.78, 5) is 11.2. The Hall–Kier alpha value is -1.13. The third kappa shape index (κ3) is 2.49. The van der Waals surface area contributed by atoms with Crippen molar-refractivity contribution in [1.82, 2.24) is 19.4 Å². The Labute approximate surface area is 113 Å². The molecule has 2 heterocycles. The number of aromatic nitrogens is 3. The van der Waals surface area contributed by atoms with Crippen molar-refractivity contribution < 1.29 is 0 Å². The van der Waals surface area contributed by atoms with E-state index in [1.807, 2.05) is 19.1 Å². The Kier molecular flexibility index (Phi) is 3.88. The summed E-state index contributed by atoms with van der Waals surface area (Å²) in [7, 11) is 4.14. The lowest BCUT2D eigenvalue weighted by molar-refractivity contribution is 0.283. The summed E-state index contributed by atoms with van der Waals surface area (Å²) in [6.07, 6.45) is 1.80. The normalized spacial score (nSPS) is 15.2. The van der Waals surface area contributed by atoms with E-state index in [4.69, 9.17) is 11.6 Å². The average molecular weight is 267 g/mol. The van der Waals surface area contributed by atoms with Crippen LogP contribution < -0.4 is 0 Å². The van der Waals surface area contributed by atoms with Gasteiger partial charge in [-0.1, -0.05) is 0 Å². The van der Waals surface area contributed by atoms with E-state index in [0.717, 1.165) is 23.5 Å². The molecule has 0 fully saturated rings. The highest BCUT2D eigenvalue weighted by Crippen LogP contribution is 2.23. The van der Waals surface area contributed by atoms with E-state index in [0.29, 0.717) is 6.04 Å². The van der Waals surface area contributed by atoms with E-state index in [1.54, 1.807) is 6.20 Å². The maximum atomic E-state index is 6.22. The summed E-state index contributed by atoms with van der Waals surface area (Å²) in [6, 6.07) is 4.28. The van der Waals surface area contributed by atoms with E-state index in [-0.39, 0.29) is 5.38 Å². The van der Waals surface area contributed by atoms with Gasteiger partial charge in [0.2, 0.25) is 0 Å². The second-order valence-electron chi connectivity index (χ2n) is 4.86. The Balaban J connectivity index is 2.48. The van der Waals surface area contributed by atoms with Crippen LogP contribution in [0.2, 0.25) is 0 Å². The minimum atomic E-state index is -0.117. The fourth-order valence-corrected chi connectivity index (χ4v) is 2.05. The van der Waals surface area contributed by atoms with Gasteiger partial charge in [0, 0.05) is 18.8 Å². The summed E-state index contributed by atoms with van der Waals surface area (Å²) in [5.74, 6) is 0.888. The molecule has 0 saturated heterocycles. The topological polar surface area (TPSA) is 34.0 Å². The molecule has 4 nitrogen and oxygen atoms in total. The first-order chi connectivity index (χ1) is 8.50. The molecule has 0 bridgehead atoms. The molecule has 18 heavy (non-hydrogen) atoms. The van der Waals surface area contributed by atoms with E-state index in [1.165, 1.54) is 0 Å². The standard InChI is InChI=1S/C13H19ClN4/c1-9(17(3)4)8-18-12(10(2)14)16-11-6-5-7-15-13(11)18/h5-7,9-10H,8H2,1-4H3. The first kappa shape index (κ1) is 13.3. The number of fused-ring (bicyclic) bond motifs is 1. The summed E-state index contributed by atoms with van der Waals surface area (Å²) < 4.78 is 2.12. The van der Waals surface area contributed by atoms with Crippen LogP contribution in [0.15, 0.2) is 18.3 Å². The number of nitrogens with zero attached hydrogens (tertiary/aromatic N) is 4. The maximum Gasteiger partial charge on any atom is 0.160 e. The Morgan fingerprint density at radius 3 is 2.72 bits per heavy atom. The number of hydrogen-bond donors (Lipinski definition) is 0. The number of alkyl halides is 1. The van der Waals surface area contributed by atoms with Gasteiger partial charge in [-0.05, 0) is 40.1 Å². The molecule has 0 radical (unpaired) electrons. The van der Waals surface area contributed by atoms with Gasteiger partial charge in [-0.3, -0.25) is 0 Å². The third-order valence-corrected chi connectivity index (χ3v) is 3.41. The van der Waals surface area contributed by atoms with Crippen LogP contribution in [0.5, 0.6) is 0 Å². The largest absolute Gasteiger partial charge is 0.310 e. The molecule has 2 unspecified atom stereocenters. The highest BCUT2D eigenvalue weighted by molar-refractivity contribution is 6.20. The summed E-state index contributed by atoms with van der Waals surface area (Å²) in [5, 5.41) is -0.117. The van der Waals surface area contributed by atoms with Crippen molar-refractivity contribution >= 4 is 22.8 Å². The molecule has 0 spiro atoms. The van der Waals surface area contributed by atoms with Crippen LogP contribution in [0.4, 0.5) is 0 Å². The van der Waals surface area contributed by atoms with Gasteiger partial charge >= 0.3 is 0 Å². The minimum absolute atomic E-state index is 0.117. The fourth-order valence-electron chi connectivity index (χ4n) is 1.89. The molecule has 0 saturated carbocycles. The fraction of sp³-hybridized carbons (Fsp3) is 0.538. The first-order valence-electron chi connectivity index (χ1n) is 6.12. The van der Waals surface area contributed by atoms with Gasteiger partial charge in [0.15, 0.2) is 5.65 Å². The number of rotatable bonds is 4. The monoisotopic (exact) mass is 266 g/mol. The van der Waals surface area contributed by atoms with Gasteiger partial charge < -0.3 is 9.47 Å². The zero-order chi connectivity index (χ0) is 13.3. The van der Waals surface area contributed by atoms with E-state index < -0.39 is 0 Å². The van der Waals surface area contributed by atoms with Gasteiger partial charge in [-0.2, -0.15) is 0 Å². The van der Waals surface area contributed by atoms with Gasteiger partial charge in [0.1, 0.15) is 11.3 Å². The lowest BCUT2D eigenvalue weighted by Gasteiger charge is -2.21. The van der Waals surface area contributed by atoms with Crippen molar-refractivity contribution in [3.8, 4) is 0 Å². The maximum absolute atomic E-state index is 6.22. The number of imidazole rings is 1. The highest BCUT2D eigenvalue weighted by Gasteiger charge is 2.17. The molecule has 0 N–H and O–H groups in total. The van der Waals surface area contributed by atoms with E-state index in [2.05, 4.69) is 40.5 Å². The number of halogens is 1. The van der Waals surface area contributed by atoms with Crippen molar-refractivity contribution in [3.05, 3.63) is 24.2 Å². The van der Waals surface area contributed by atoms with Crippen molar-refractivity contribution in [3.63, 3.8) is 0 Å². The zero-order valence-electron chi connectivity index (χ0n) is 11.3. The number of pyridine rings is 1. The molecule has 0 aromatic carbocycles. The van der Waals surface area contributed by atoms with Gasteiger partial charge in [-0.25, -0.2) is 9.97 Å². The van der Waals surface area contributed by atoms with E-state index in [9.17, 15) is 0 Å². The van der Waals surface area contributed by atoms with Crippen LogP contribution in [0.1, 0.15) is 25.0 Å². The molecule has 0 aliphatic carbocycles. The number of likely N-dealkylation sites (N-methyl/N-ethyl adjacent to an activating group) is 1. The molecule has 0 aliphatic heterocycles. The van der Waals surface area contributed by atoms with Crippen LogP contribution in [-0.2, 0) is 6.54 Å². The first-order valence-corrected chi connectivity index (χ1v) is 6.56. The predicted octanol–water partition coefficient (Wildman–Crippen LogP) is 2.68. The van der Waals surface area contributed by atoms with Crippen molar-refractivity contribution in [2.75, 3.05) is 14.1 Å². The summed E-state index contributed by atoms with van der Waals surface area (Å²) in [6.45, 7) is 4.96. The van der Waals surface area contributed by atoms with Crippen molar-refractivity contribution in [1.29, 1.82) is 0 Å². The molecule has 98 valence electrons. The Morgan fingerprint density at radius 2 is 2.11 bits per heavy atom. The molecule has 5 heteroatoms. The second kappa shape index (κ2) is 5.24. The smallest absolute Gasteiger partial charge is 0.160 e. The third-order valence-electron chi connectivity index (χ3n) is 3.22. The van der Waals surface area contributed by atoms with Crippen LogP contribution in [0.3, 0.4) is 0 Å². The summed E-state index contributed by atoms with van der Waals surface area (Å²) in [5.41, 5.74) is 1.82. The molecule has 2 aromatic heterocycles. The predicted molar refractivity (Wildman–Crippen MR) is 74.9 cm³/mol. The Bertz CT molecular complexity index is 533. The highest BCUT2D eigenvalue weighted by atomic mass is 35.5. The zero-order valence-corrected chi connectivity index (χ0v) is 12.0. The average Bonchev–Trinajstić information content (AvgIpc) is 2.68. The van der Waals surface area contributed by atoms with Crippen LogP contribution in [-0.4, -0.2) is 39.6 Å². The number of hydrogen-bond acceptors (Lipinski definition) is 3. The van der Waals surface area contributed by atoms with E-state index >= 15 is 0 Å². The quantitative estimate of drug-likeness (QED) is 0.798. The molecule has 2 rings (SSSR count). The molecule has 0 aliphatic rings. The van der Waals surface area contributed by atoms with Gasteiger partial charge in [0.25, 0.3) is 0 Å². The Morgan fingerprint density at radius 1 is 1.39 bits per heavy atom. The minimum Gasteiger partial charge on any atom is -0.310 e. The summed E-state index contributed by atoms with van der Waals surface area (Å²) >= 11 is 6.22. The van der Waals surface area contributed by atoms with Crippen LogP contribution in [0.25, 0.3) is 11.2 Å². The van der Waals surface area contributed by atoms with Gasteiger partial charge in [0.05, 0.1) is 5.38 Å². The molecule has 2 atom stereocenters. The second-order valence-corrected chi connectivity index (χ2v) is 5.51. The lowest BCUT2D eigenvalue weighted by Crippen LogP contribution is -2.30. The van der Waals surface area contributed by atoms with Gasteiger partial charge in [-0.15, -0.1) is 11.6 Å². The molecular formula is C13H19ClN4. The van der Waals surface area contributed by atoms with Crippen molar-refractivity contribution in [2.24, 2.45) is 0 Å². The molecular weight excluding hydrogens is 248 g/mol. The van der Waals surface area contributed by atoms with Crippen molar-refractivity contribution in [2.45, 2.75) is 31.8 Å². The van der Waals surface area contributed by atoms with Crippen LogP contribution >= 0.6 is 11.6 Å². The molecule has 0 amide bonds. The molecule has 2 aromatic rings. The van der Waals surface area contributed by atoms with Crippen LogP contribution in [0, 0.1) is 0 Å². The lowest BCUT2D eigenvalue weighted by atomic mass is 10.3.